The lowest BCUT2D eigenvalue weighted by Crippen LogP contribution is -2.52. The van der Waals surface area contributed by atoms with Crippen LogP contribution in [0.3, 0.4) is 0 Å². The van der Waals surface area contributed by atoms with E-state index >= 15 is 0 Å². The molecule has 1 aromatic rings. The first kappa shape index (κ1) is 16.6. The Balaban J connectivity index is 1.78. The fourth-order valence-corrected chi connectivity index (χ4v) is 4.14. The number of rotatable bonds is 3. The molecule has 1 N–H and O–H groups in total. The lowest BCUT2D eigenvalue weighted by molar-refractivity contribution is -0.135. The molecule has 1 saturated heterocycles. The van der Waals surface area contributed by atoms with E-state index < -0.39 is 6.09 Å². The maximum atomic E-state index is 11.6. The third kappa shape index (κ3) is 3.16. The summed E-state index contributed by atoms with van der Waals surface area (Å²) in [5.41, 5.74) is 2.49. The lowest BCUT2D eigenvalue weighted by Gasteiger charge is -2.55. The van der Waals surface area contributed by atoms with E-state index in [2.05, 4.69) is 12.1 Å². The van der Waals surface area contributed by atoms with Gasteiger partial charge in [-0.05, 0) is 42.6 Å². The van der Waals surface area contributed by atoms with Gasteiger partial charge in [0.15, 0.2) is 0 Å². The highest BCUT2D eigenvalue weighted by molar-refractivity contribution is 5.83. The predicted molar refractivity (Wildman–Crippen MR) is 89.6 cm³/mol. The number of carbonyl (C=O) groups excluding carboxylic acids is 1. The summed E-state index contributed by atoms with van der Waals surface area (Å²) in [7, 11) is 1.39. The highest BCUT2D eigenvalue weighted by Crippen LogP contribution is 2.58. The zero-order valence-corrected chi connectivity index (χ0v) is 13.9. The minimum atomic E-state index is -0.839. The Morgan fingerprint density at radius 2 is 1.96 bits per heavy atom. The molecule has 1 unspecified atom stereocenters. The SMILES string of the molecule is COC(=O)C=C1CC2(CCN(C(=O)O)CC2)C1Cc1ccccc1. The molecular weight excluding hydrogens is 306 g/mol. The number of nitrogens with zero attached hydrogens (tertiary/aromatic N) is 1. The second-order valence-electron chi connectivity index (χ2n) is 6.79. The number of likely N-dealkylation sites (tertiary alicyclic amines) is 1. The Hall–Kier alpha value is -2.30. The molecule has 128 valence electrons. The van der Waals surface area contributed by atoms with Crippen LogP contribution >= 0.6 is 0 Å². The third-order valence-electron chi connectivity index (χ3n) is 5.56. The first-order valence-electron chi connectivity index (χ1n) is 8.34. The summed E-state index contributed by atoms with van der Waals surface area (Å²) in [5.74, 6) is -0.0178. The van der Waals surface area contributed by atoms with Gasteiger partial charge in [-0.1, -0.05) is 35.9 Å². The molecule has 3 rings (SSSR count). The zero-order chi connectivity index (χ0) is 17.2. The molecule has 1 atom stereocenters. The second-order valence-corrected chi connectivity index (χ2v) is 6.79. The number of benzene rings is 1. The van der Waals surface area contributed by atoms with Crippen LogP contribution in [0.4, 0.5) is 4.79 Å². The fraction of sp³-hybridized carbons (Fsp3) is 0.474. The average Bonchev–Trinajstić information content (AvgIpc) is 2.60. The summed E-state index contributed by atoms with van der Waals surface area (Å²) in [6.07, 6.45) is 4.26. The number of esters is 1. The minimum absolute atomic E-state index is 0.113. The van der Waals surface area contributed by atoms with Crippen LogP contribution in [0.15, 0.2) is 42.0 Å². The number of ether oxygens (including phenoxy) is 1. The summed E-state index contributed by atoms with van der Waals surface area (Å²) in [5, 5.41) is 9.16. The van der Waals surface area contributed by atoms with Crippen molar-refractivity contribution in [2.24, 2.45) is 11.3 Å². The molecule has 5 nitrogen and oxygen atoms in total. The van der Waals surface area contributed by atoms with Gasteiger partial charge in [0, 0.05) is 19.2 Å². The van der Waals surface area contributed by atoms with Crippen molar-refractivity contribution >= 4 is 12.1 Å². The number of amides is 1. The number of hydrogen-bond acceptors (Lipinski definition) is 3. The van der Waals surface area contributed by atoms with Crippen molar-refractivity contribution in [2.75, 3.05) is 20.2 Å². The minimum Gasteiger partial charge on any atom is -0.466 e. The monoisotopic (exact) mass is 329 g/mol. The smallest absolute Gasteiger partial charge is 0.407 e. The number of allylic oxidation sites excluding steroid dienone is 1. The molecule has 1 aromatic carbocycles. The molecule has 1 heterocycles. The Bertz CT molecular complexity index is 645. The van der Waals surface area contributed by atoms with Crippen LogP contribution in [0.2, 0.25) is 0 Å². The maximum absolute atomic E-state index is 11.6. The van der Waals surface area contributed by atoms with Crippen molar-refractivity contribution in [1.82, 2.24) is 4.90 Å². The molecule has 1 aliphatic carbocycles. The highest BCUT2D eigenvalue weighted by atomic mass is 16.5. The van der Waals surface area contributed by atoms with Gasteiger partial charge >= 0.3 is 12.1 Å². The van der Waals surface area contributed by atoms with Crippen LogP contribution in [-0.4, -0.2) is 42.3 Å². The predicted octanol–water partition coefficient (Wildman–Crippen LogP) is 3.11. The molecule has 1 spiro atoms. The van der Waals surface area contributed by atoms with Gasteiger partial charge in [-0.15, -0.1) is 0 Å². The van der Waals surface area contributed by atoms with Gasteiger partial charge in [-0.25, -0.2) is 9.59 Å². The zero-order valence-electron chi connectivity index (χ0n) is 13.9. The molecule has 2 aliphatic rings. The van der Waals surface area contributed by atoms with Gasteiger partial charge in [0.2, 0.25) is 0 Å². The van der Waals surface area contributed by atoms with Gasteiger partial charge < -0.3 is 14.7 Å². The van der Waals surface area contributed by atoms with Crippen molar-refractivity contribution in [1.29, 1.82) is 0 Å². The third-order valence-corrected chi connectivity index (χ3v) is 5.56. The maximum Gasteiger partial charge on any atom is 0.407 e. The van der Waals surface area contributed by atoms with Crippen LogP contribution < -0.4 is 0 Å². The van der Waals surface area contributed by atoms with Crippen molar-refractivity contribution in [2.45, 2.75) is 25.7 Å². The number of piperidine rings is 1. The Morgan fingerprint density at radius 3 is 2.54 bits per heavy atom. The van der Waals surface area contributed by atoms with Gasteiger partial charge in [0.1, 0.15) is 0 Å². The topological polar surface area (TPSA) is 66.8 Å². The second kappa shape index (κ2) is 6.67. The normalized spacial score (nSPS) is 23.8. The van der Waals surface area contributed by atoms with Crippen LogP contribution in [0, 0.1) is 11.3 Å². The molecule has 5 heteroatoms. The molecule has 1 aliphatic heterocycles. The summed E-state index contributed by atoms with van der Waals surface area (Å²) >= 11 is 0. The molecule has 0 radical (unpaired) electrons. The fourth-order valence-electron chi connectivity index (χ4n) is 4.14. The van der Waals surface area contributed by atoms with Crippen molar-refractivity contribution in [3.63, 3.8) is 0 Å². The Labute approximate surface area is 141 Å². The van der Waals surface area contributed by atoms with Crippen LogP contribution in [0.1, 0.15) is 24.8 Å². The van der Waals surface area contributed by atoms with E-state index in [1.807, 2.05) is 18.2 Å². The summed E-state index contributed by atoms with van der Waals surface area (Å²) in [4.78, 5) is 24.3. The van der Waals surface area contributed by atoms with Crippen LogP contribution in [-0.2, 0) is 16.0 Å². The first-order valence-corrected chi connectivity index (χ1v) is 8.34. The number of methoxy groups -OCH3 is 1. The highest BCUT2D eigenvalue weighted by Gasteiger charge is 2.51. The van der Waals surface area contributed by atoms with E-state index in [0.29, 0.717) is 13.1 Å². The number of hydrogen-bond donors (Lipinski definition) is 1. The van der Waals surface area contributed by atoms with E-state index in [-0.39, 0.29) is 17.3 Å². The molecule has 1 amide bonds. The molecule has 24 heavy (non-hydrogen) atoms. The lowest BCUT2D eigenvalue weighted by atomic mass is 9.51. The van der Waals surface area contributed by atoms with E-state index in [0.717, 1.165) is 31.3 Å². The Morgan fingerprint density at radius 1 is 1.29 bits per heavy atom. The summed E-state index contributed by atoms with van der Waals surface area (Å²) < 4.78 is 4.78. The standard InChI is InChI=1S/C19H23NO4/c1-24-17(21)12-15-13-19(7-9-20(10-8-19)18(22)23)16(15)11-14-5-3-2-4-6-14/h2-6,12,16H,7-11,13H2,1H3,(H,22,23). The first-order chi connectivity index (χ1) is 11.5. The Kier molecular flexibility index (Phi) is 4.60. The summed E-state index contributed by atoms with van der Waals surface area (Å²) in [6, 6.07) is 10.3. The molecular formula is C19H23NO4. The van der Waals surface area contributed by atoms with Crippen molar-refractivity contribution in [3.8, 4) is 0 Å². The number of carbonyl (C=O) groups is 2. The number of carboxylic acid groups (broad SMARTS) is 1. The van der Waals surface area contributed by atoms with Gasteiger partial charge in [0.25, 0.3) is 0 Å². The van der Waals surface area contributed by atoms with E-state index in [9.17, 15) is 9.59 Å². The molecule has 2 fully saturated rings. The van der Waals surface area contributed by atoms with Gasteiger partial charge in [0.05, 0.1) is 7.11 Å². The molecule has 0 bridgehead atoms. The summed E-state index contributed by atoms with van der Waals surface area (Å²) in [6.45, 7) is 1.15. The van der Waals surface area contributed by atoms with E-state index in [1.54, 1.807) is 6.08 Å². The van der Waals surface area contributed by atoms with Crippen LogP contribution in [0.25, 0.3) is 0 Å². The van der Waals surface area contributed by atoms with Crippen molar-refractivity contribution < 1.29 is 19.4 Å². The van der Waals surface area contributed by atoms with Gasteiger partial charge in [-0.3, -0.25) is 0 Å². The average molecular weight is 329 g/mol. The molecule has 0 aromatic heterocycles. The van der Waals surface area contributed by atoms with E-state index in [1.165, 1.54) is 17.6 Å². The van der Waals surface area contributed by atoms with Crippen LogP contribution in [0.5, 0.6) is 0 Å². The largest absolute Gasteiger partial charge is 0.466 e. The van der Waals surface area contributed by atoms with Gasteiger partial charge in [-0.2, -0.15) is 0 Å². The van der Waals surface area contributed by atoms with E-state index in [4.69, 9.17) is 9.84 Å². The van der Waals surface area contributed by atoms with Crippen molar-refractivity contribution in [3.05, 3.63) is 47.5 Å². The quantitative estimate of drug-likeness (QED) is 0.683. The molecule has 1 saturated carbocycles.